The Bertz CT molecular complexity index is 1310. The molecule has 3 aromatic rings. The first kappa shape index (κ1) is 25.1. The van der Waals surface area contributed by atoms with Crippen LogP contribution in [0.25, 0.3) is 11.0 Å². The van der Waals surface area contributed by atoms with Crippen molar-refractivity contribution in [2.45, 2.75) is 53.5 Å². The van der Waals surface area contributed by atoms with Crippen molar-refractivity contribution in [3.63, 3.8) is 0 Å². The van der Waals surface area contributed by atoms with E-state index in [1.165, 1.54) is 0 Å². The fourth-order valence-corrected chi connectivity index (χ4v) is 4.61. The van der Waals surface area contributed by atoms with Crippen LogP contribution in [0.2, 0.25) is 5.02 Å². The van der Waals surface area contributed by atoms with Crippen molar-refractivity contribution in [1.82, 2.24) is 4.90 Å². The molecule has 1 aromatic heterocycles. The van der Waals surface area contributed by atoms with Gasteiger partial charge in [-0.1, -0.05) is 38.4 Å². The molecule has 0 aliphatic carbocycles. The predicted molar refractivity (Wildman–Crippen MR) is 138 cm³/mol. The van der Waals surface area contributed by atoms with Gasteiger partial charge in [-0.05, 0) is 68.0 Å². The maximum absolute atomic E-state index is 13.7. The molecule has 1 atom stereocenters. The summed E-state index contributed by atoms with van der Waals surface area (Å²) in [5, 5.41) is 0.853. The summed E-state index contributed by atoms with van der Waals surface area (Å²) in [5.74, 6) is 1.58. The lowest BCUT2D eigenvalue weighted by Gasteiger charge is -2.25. The largest absolute Gasteiger partial charge is 0.490 e. The van der Waals surface area contributed by atoms with Gasteiger partial charge in [-0.3, -0.25) is 9.59 Å². The van der Waals surface area contributed by atoms with Crippen LogP contribution in [0.5, 0.6) is 11.5 Å². The van der Waals surface area contributed by atoms with Crippen molar-refractivity contribution in [2.75, 3.05) is 19.8 Å². The van der Waals surface area contributed by atoms with Gasteiger partial charge in [-0.25, -0.2) is 0 Å². The highest BCUT2D eigenvalue weighted by molar-refractivity contribution is 6.32. The Labute approximate surface area is 210 Å². The van der Waals surface area contributed by atoms with E-state index in [-0.39, 0.29) is 17.1 Å². The standard InChI is InChI=1S/C28H32ClNO5/c1-6-11-30-25(18-8-9-21(23(14-18)33-7-2)34-12-10-16(3)4)24-26(31)19-15-20(29)17(5)13-22(19)35-27(24)28(30)32/h8-9,13-16,25H,6-7,10-12H2,1-5H3. The Hall–Kier alpha value is -2.99. The first-order valence-corrected chi connectivity index (χ1v) is 12.6. The molecule has 0 fully saturated rings. The topological polar surface area (TPSA) is 69.0 Å². The molecule has 0 radical (unpaired) electrons. The second-order valence-electron chi connectivity index (χ2n) is 9.34. The number of rotatable bonds is 9. The lowest BCUT2D eigenvalue weighted by molar-refractivity contribution is 0.0728. The number of hydrogen-bond acceptors (Lipinski definition) is 5. The summed E-state index contributed by atoms with van der Waals surface area (Å²) < 4.78 is 17.9. The SMILES string of the molecule is CCCN1C(=O)c2oc3cc(C)c(Cl)cc3c(=O)c2C1c1ccc(OCCC(C)C)c(OCC)c1. The van der Waals surface area contributed by atoms with Crippen LogP contribution in [-0.2, 0) is 0 Å². The minimum Gasteiger partial charge on any atom is -0.490 e. The predicted octanol–water partition coefficient (Wildman–Crippen LogP) is 6.53. The van der Waals surface area contributed by atoms with Crippen molar-refractivity contribution >= 4 is 28.5 Å². The summed E-state index contributed by atoms with van der Waals surface area (Å²) in [6.45, 7) is 11.6. The highest BCUT2D eigenvalue weighted by atomic mass is 35.5. The molecule has 186 valence electrons. The number of nitrogens with zero attached hydrogens (tertiary/aromatic N) is 1. The molecular formula is C28H32ClNO5. The number of ether oxygens (including phenoxy) is 2. The summed E-state index contributed by atoms with van der Waals surface area (Å²) >= 11 is 6.32. The van der Waals surface area contributed by atoms with Gasteiger partial charge in [0.2, 0.25) is 5.76 Å². The Kier molecular flexibility index (Phi) is 7.41. The molecule has 0 saturated carbocycles. The Morgan fingerprint density at radius 3 is 2.54 bits per heavy atom. The van der Waals surface area contributed by atoms with Gasteiger partial charge >= 0.3 is 0 Å². The van der Waals surface area contributed by atoms with Crippen LogP contribution < -0.4 is 14.9 Å². The monoisotopic (exact) mass is 497 g/mol. The van der Waals surface area contributed by atoms with Crippen LogP contribution in [0.15, 0.2) is 39.5 Å². The smallest absolute Gasteiger partial charge is 0.290 e. The van der Waals surface area contributed by atoms with E-state index in [0.717, 1.165) is 24.0 Å². The summed E-state index contributed by atoms with van der Waals surface area (Å²) in [6.07, 6.45) is 1.67. The number of amides is 1. The fraction of sp³-hybridized carbons (Fsp3) is 0.429. The first-order chi connectivity index (χ1) is 16.8. The summed E-state index contributed by atoms with van der Waals surface area (Å²) in [6, 6.07) is 8.38. The highest BCUT2D eigenvalue weighted by Gasteiger charge is 2.42. The van der Waals surface area contributed by atoms with E-state index in [0.29, 0.717) is 58.7 Å². The molecule has 1 unspecified atom stereocenters. The number of carbonyl (C=O) groups excluding carboxylic acids is 1. The molecule has 1 aliphatic heterocycles. The Morgan fingerprint density at radius 1 is 1.09 bits per heavy atom. The number of benzene rings is 2. The molecule has 35 heavy (non-hydrogen) atoms. The van der Waals surface area contributed by atoms with Crippen LogP contribution >= 0.6 is 11.6 Å². The highest BCUT2D eigenvalue weighted by Crippen LogP contribution is 2.41. The number of fused-ring (bicyclic) bond motifs is 2. The molecule has 2 heterocycles. The van der Waals surface area contributed by atoms with Gasteiger partial charge in [0.1, 0.15) is 5.58 Å². The van der Waals surface area contributed by atoms with E-state index in [2.05, 4.69) is 13.8 Å². The number of hydrogen-bond donors (Lipinski definition) is 0. The van der Waals surface area contributed by atoms with Gasteiger partial charge in [-0.15, -0.1) is 0 Å². The lowest BCUT2D eigenvalue weighted by atomic mass is 9.97. The van der Waals surface area contributed by atoms with Crippen molar-refractivity contribution < 1.29 is 18.7 Å². The molecule has 1 aliphatic rings. The molecule has 0 spiro atoms. The van der Waals surface area contributed by atoms with E-state index >= 15 is 0 Å². The number of halogens is 1. The second kappa shape index (κ2) is 10.3. The molecule has 0 N–H and O–H groups in total. The molecule has 0 saturated heterocycles. The van der Waals surface area contributed by atoms with Crippen LogP contribution in [0, 0.1) is 12.8 Å². The molecule has 7 heteroatoms. The first-order valence-electron chi connectivity index (χ1n) is 12.2. The summed E-state index contributed by atoms with van der Waals surface area (Å²) in [4.78, 5) is 28.8. The number of aryl methyl sites for hydroxylation is 1. The second-order valence-corrected chi connectivity index (χ2v) is 9.75. The third-order valence-corrected chi connectivity index (χ3v) is 6.65. The van der Waals surface area contributed by atoms with E-state index in [1.807, 2.05) is 39.0 Å². The molecule has 6 nitrogen and oxygen atoms in total. The zero-order valence-corrected chi connectivity index (χ0v) is 21.7. The molecule has 0 bridgehead atoms. The van der Waals surface area contributed by atoms with E-state index in [9.17, 15) is 9.59 Å². The van der Waals surface area contributed by atoms with Gasteiger partial charge in [0.05, 0.1) is 30.2 Å². The normalized spacial score (nSPS) is 15.2. The molecule has 2 aromatic carbocycles. The van der Waals surface area contributed by atoms with Gasteiger partial charge < -0.3 is 18.8 Å². The zero-order chi connectivity index (χ0) is 25.3. The Balaban J connectivity index is 1.85. The molecule has 4 rings (SSSR count). The van der Waals surface area contributed by atoms with Crippen LogP contribution in [0.3, 0.4) is 0 Å². The van der Waals surface area contributed by atoms with E-state index in [4.69, 9.17) is 25.5 Å². The maximum Gasteiger partial charge on any atom is 0.290 e. The summed E-state index contributed by atoms with van der Waals surface area (Å²) in [5.41, 5.74) is 2.02. The van der Waals surface area contributed by atoms with Crippen molar-refractivity contribution in [3.8, 4) is 11.5 Å². The Morgan fingerprint density at radius 2 is 1.86 bits per heavy atom. The molecular weight excluding hydrogens is 466 g/mol. The quantitative estimate of drug-likeness (QED) is 0.336. The van der Waals surface area contributed by atoms with Gasteiger partial charge in [0.15, 0.2) is 16.9 Å². The van der Waals surface area contributed by atoms with Gasteiger partial charge in [0, 0.05) is 11.6 Å². The van der Waals surface area contributed by atoms with Crippen LogP contribution in [-0.4, -0.2) is 30.6 Å². The third-order valence-electron chi connectivity index (χ3n) is 6.25. The zero-order valence-electron chi connectivity index (χ0n) is 20.9. The van der Waals surface area contributed by atoms with Gasteiger partial charge in [-0.2, -0.15) is 0 Å². The van der Waals surface area contributed by atoms with E-state index < -0.39 is 6.04 Å². The minimum absolute atomic E-state index is 0.0953. The summed E-state index contributed by atoms with van der Waals surface area (Å²) in [7, 11) is 0. The van der Waals surface area contributed by atoms with Crippen LogP contribution in [0.4, 0.5) is 0 Å². The van der Waals surface area contributed by atoms with Crippen molar-refractivity contribution in [3.05, 3.63) is 68.0 Å². The van der Waals surface area contributed by atoms with Crippen molar-refractivity contribution in [1.29, 1.82) is 0 Å². The van der Waals surface area contributed by atoms with Gasteiger partial charge in [0.25, 0.3) is 5.91 Å². The van der Waals surface area contributed by atoms with E-state index in [1.54, 1.807) is 17.0 Å². The van der Waals surface area contributed by atoms with Crippen LogP contribution in [0.1, 0.15) is 73.8 Å². The molecule has 1 amide bonds. The third kappa shape index (κ3) is 4.76. The average molecular weight is 498 g/mol. The number of carbonyl (C=O) groups is 1. The fourth-order valence-electron chi connectivity index (χ4n) is 4.45. The minimum atomic E-state index is -0.581. The van der Waals surface area contributed by atoms with Crippen molar-refractivity contribution in [2.24, 2.45) is 5.92 Å². The average Bonchev–Trinajstić information content (AvgIpc) is 3.08. The lowest BCUT2D eigenvalue weighted by Crippen LogP contribution is -2.30. The maximum atomic E-state index is 13.7.